The predicted molar refractivity (Wildman–Crippen MR) is 165 cm³/mol. The Bertz CT molecular complexity index is 1590. The third-order valence-corrected chi connectivity index (χ3v) is 8.06. The molecule has 1 N–H and O–H groups in total. The van der Waals surface area contributed by atoms with Gasteiger partial charge in [0.1, 0.15) is 24.9 Å². The lowest BCUT2D eigenvalue weighted by Gasteiger charge is -2.42. The summed E-state index contributed by atoms with van der Waals surface area (Å²) in [7, 11) is 0. The van der Waals surface area contributed by atoms with Crippen LogP contribution < -0.4 is 0 Å². The van der Waals surface area contributed by atoms with Gasteiger partial charge in [-0.3, -0.25) is 0 Å². The molecule has 1 unspecified atom stereocenters. The summed E-state index contributed by atoms with van der Waals surface area (Å²) in [5, 5.41) is 14.6. The van der Waals surface area contributed by atoms with Crippen molar-refractivity contribution in [2.45, 2.75) is 49.8 Å². The van der Waals surface area contributed by atoms with E-state index in [-0.39, 0.29) is 32.3 Å². The average molecular weight is 608 g/mol. The molecule has 230 valence electrons. The second kappa shape index (κ2) is 14.4. The van der Waals surface area contributed by atoms with E-state index in [1.807, 2.05) is 97.1 Å². The second-order valence-electron chi connectivity index (χ2n) is 10.9. The monoisotopic (exact) mass is 607 g/mol. The molecule has 1 heterocycles. The van der Waals surface area contributed by atoms with Crippen molar-refractivity contribution in [2.75, 3.05) is 13.2 Å². The Morgan fingerprint density at radius 1 is 0.778 bits per heavy atom. The van der Waals surface area contributed by atoms with E-state index in [9.17, 15) is 15.4 Å². The molecule has 0 saturated carbocycles. The SMILES string of the molecule is [N-]=[N+]=N[C@H]1C(O)O[C@H](COCc2ccccc2)[C@@H](OC(=O)OCC2c3ccccc3-c3ccccc32)[C@@H]1OCc1ccccc1. The number of carbonyl (C=O) groups excluding carboxylic acids is 1. The lowest BCUT2D eigenvalue weighted by atomic mass is 9.97. The molecule has 1 aliphatic carbocycles. The molecule has 6 rings (SSSR count). The van der Waals surface area contributed by atoms with E-state index in [4.69, 9.17) is 23.7 Å². The van der Waals surface area contributed by atoms with Crippen LogP contribution >= 0.6 is 0 Å². The van der Waals surface area contributed by atoms with Gasteiger partial charge in [-0.25, -0.2) is 4.79 Å². The molecule has 2 aliphatic rings. The Balaban J connectivity index is 1.20. The van der Waals surface area contributed by atoms with Gasteiger partial charge in [-0.15, -0.1) is 0 Å². The highest BCUT2D eigenvalue weighted by atomic mass is 16.7. The van der Waals surface area contributed by atoms with E-state index in [2.05, 4.69) is 22.2 Å². The maximum atomic E-state index is 13.3. The summed E-state index contributed by atoms with van der Waals surface area (Å²) in [6.07, 6.45) is -5.60. The second-order valence-corrected chi connectivity index (χ2v) is 10.9. The van der Waals surface area contributed by atoms with Crippen molar-refractivity contribution >= 4 is 6.16 Å². The van der Waals surface area contributed by atoms with Crippen LogP contribution in [0.5, 0.6) is 0 Å². The van der Waals surface area contributed by atoms with Crippen LogP contribution in [0.25, 0.3) is 21.6 Å². The van der Waals surface area contributed by atoms with Crippen molar-refractivity contribution in [1.82, 2.24) is 0 Å². The van der Waals surface area contributed by atoms with Crippen molar-refractivity contribution < 1.29 is 33.6 Å². The van der Waals surface area contributed by atoms with Crippen molar-refractivity contribution in [2.24, 2.45) is 5.11 Å². The van der Waals surface area contributed by atoms with Crippen molar-refractivity contribution in [3.05, 3.63) is 142 Å². The molecule has 1 saturated heterocycles. The topological polar surface area (TPSA) is 132 Å². The molecule has 0 bridgehead atoms. The fraction of sp³-hybridized carbons (Fsp3) is 0.286. The number of ether oxygens (including phenoxy) is 5. The highest BCUT2D eigenvalue weighted by Gasteiger charge is 2.48. The number of nitrogens with zero attached hydrogens (tertiary/aromatic N) is 3. The maximum absolute atomic E-state index is 13.3. The first-order valence-electron chi connectivity index (χ1n) is 14.8. The Morgan fingerprint density at radius 2 is 1.36 bits per heavy atom. The molecule has 4 aromatic carbocycles. The summed E-state index contributed by atoms with van der Waals surface area (Å²) in [6.45, 7) is 0.386. The fourth-order valence-corrected chi connectivity index (χ4v) is 5.93. The molecule has 1 fully saturated rings. The zero-order chi connectivity index (χ0) is 31.0. The summed E-state index contributed by atoms with van der Waals surface area (Å²) in [4.78, 5) is 16.2. The molecule has 0 spiro atoms. The summed E-state index contributed by atoms with van der Waals surface area (Å²) in [5.74, 6) is -0.166. The molecule has 45 heavy (non-hydrogen) atoms. The van der Waals surface area contributed by atoms with Crippen molar-refractivity contribution in [3.63, 3.8) is 0 Å². The van der Waals surface area contributed by atoms with E-state index >= 15 is 0 Å². The molecule has 5 atom stereocenters. The number of carbonyl (C=O) groups is 1. The number of hydrogen-bond donors (Lipinski definition) is 1. The quantitative estimate of drug-likeness (QED) is 0.0889. The van der Waals surface area contributed by atoms with Gasteiger partial charge in [0.05, 0.1) is 19.8 Å². The van der Waals surface area contributed by atoms with Crippen LogP contribution in [0.2, 0.25) is 0 Å². The Morgan fingerprint density at radius 3 is 1.98 bits per heavy atom. The first-order chi connectivity index (χ1) is 22.1. The Kier molecular flexibility index (Phi) is 9.70. The van der Waals surface area contributed by atoms with Crippen LogP contribution in [0, 0.1) is 0 Å². The number of hydrogen-bond acceptors (Lipinski definition) is 8. The summed E-state index contributed by atoms with van der Waals surface area (Å²) in [6, 6.07) is 33.8. The fourth-order valence-electron chi connectivity index (χ4n) is 5.93. The molecule has 0 aromatic heterocycles. The normalized spacial score (nSPS) is 22.1. The Labute approximate surface area is 260 Å². The van der Waals surface area contributed by atoms with E-state index in [0.29, 0.717) is 0 Å². The van der Waals surface area contributed by atoms with Crippen LogP contribution in [0.4, 0.5) is 4.79 Å². The van der Waals surface area contributed by atoms with Crippen molar-refractivity contribution in [3.8, 4) is 11.1 Å². The largest absolute Gasteiger partial charge is 0.508 e. The van der Waals surface area contributed by atoms with E-state index in [0.717, 1.165) is 33.4 Å². The van der Waals surface area contributed by atoms with Crippen LogP contribution in [0.1, 0.15) is 28.2 Å². The smallest absolute Gasteiger partial charge is 0.433 e. The third kappa shape index (κ3) is 7.01. The summed E-state index contributed by atoms with van der Waals surface area (Å²) >= 11 is 0. The molecular weight excluding hydrogens is 574 g/mol. The van der Waals surface area contributed by atoms with Crippen molar-refractivity contribution in [1.29, 1.82) is 0 Å². The number of rotatable bonds is 11. The van der Waals surface area contributed by atoms with Gasteiger partial charge in [0.15, 0.2) is 12.4 Å². The molecule has 10 heteroatoms. The molecule has 10 nitrogen and oxygen atoms in total. The number of azide groups is 1. The third-order valence-electron chi connectivity index (χ3n) is 8.06. The number of benzene rings is 4. The van der Waals surface area contributed by atoms with Gasteiger partial charge in [-0.1, -0.05) is 114 Å². The van der Waals surface area contributed by atoms with Crippen LogP contribution in [-0.2, 0) is 36.9 Å². The van der Waals surface area contributed by atoms with Gasteiger partial charge < -0.3 is 28.8 Å². The number of fused-ring (bicyclic) bond motifs is 3. The minimum Gasteiger partial charge on any atom is -0.433 e. The minimum absolute atomic E-state index is 0.0402. The van der Waals surface area contributed by atoms with Gasteiger partial charge in [0.2, 0.25) is 0 Å². The highest BCUT2D eigenvalue weighted by molar-refractivity contribution is 5.79. The van der Waals surface area contributed by atoms with Gasteiger partial charge in [0, 0.05) is 10.8 Å². The maximum Gasteiger partial charge on any atom is 0.508 e. The zero-order valence-electron chi connectivity index (χ0n) is 24.4. The van der Waals surface area contributed by atoms with E-state index in [1.54, 1.807) is 0 Å². The summed E-state index contributed by atoms with van der Waals surface area (Å²) in [5.41, 5.74) is 15.4. The lowest BCUT2D eigenvalue weighted by Crippen LogP contribution is -2.60. The molecule has 0 radical (unpaired) electrons. The van der Waals surface area contributed by atoms with Gasteiger partial charge in [-0.2, -0.15) is 0 Å². The standard InChI is InChI=1S/C35H33N3O7/c36-38-37-31-33(42-20-24-13-5-2-6-14-24)32(30(44-34(31)39)22-41-19-23-11-3-1-4-12-23)45-35(40)43-21-29-27-17-9-7-15-25(27)26-16-8-10-18-28(26)29/h1-18,29-34,39H,19-22H2/t30-,31-,32-,33-,34?/m1/s1. The lowest BCUT2D eigenvalue weighted by molar-refractivity contribution is -0.263. The van der Waals surface area contributed by atoms with Gasteiger partial charge >= 0.3 is 6.16 Å². The average Bonchev–Trinajstić information content (AvgIpc) is 3.40. The number of aliphatic hydroxyl groups excluding tert-OH is 1. The van der Waals surface area contributed by atoms with Crippen LogP contribution in [0.3, 0.4) is 0 Å². The predicted octanol–water partition coefficient (Wildman–Crippen LogP) is 6.52. The molecule has 0 amide bonds. The zero-order valence-corrected chi connectivity index (χ0v) is 24.4. The molecule has 1 aliphatic heterocycles. The molecule has 4 aromatic rings. The van der Waals surface area contributed by atoms with Gasteiger partial charge in [0.25, 0.3) is 0 Å². The van der Waals surface area contributed by atoms with Crippen LogP contribution in [0.15, 0.2) is 114 Å². The highest BCUT2D eigenvalue weighted by Crippen LogP contribution is 2.44. The Hall–Kier alpha value is -4.70. The van der Waals surface area contributed by atoms with Crippen LogP contribution in [-0.4, -0.2) is 55.1 Å². The minimum atomic E-state index is -1.52. The van der Waals surface area contributed by atoms with Gasteiger partial charge in [-0.05, 0) is 38.9 Å². The van der Waals surface area contributed by atoms with E-state index in [1.165, 1.54) is 0 Å². The first kappa shape index (κ1) is 30.3. The molecular formula is C35H33N3O7. The number of aliphatic hydroxyl groups is 1. The summed E-state index contributed by atoms with van der Waals surface area (Å²) < 4.78 is 29.5. The van der Waals surface area contributed by atoms with E-state index < -0.39 is 36.8 Å². The first-order valence-corrected chi connectivity index (χ1v) is 14.8.